The Morgan fingerprint density at radius 1 is 1.44 bits per heavy atom. The molecule has 4 nitrogen and oxygen atoms in total. The maximum atomic E-state index is 12.0. The third-order valence-electron chi connectivity index (χ3n) is 3.12. The van der Waals surface area contributed by atoms with Gasteiger partial charge in [0, 0.05) is 10.7 Å². The molecule has 1 aliphatic heterocycles. The smallest absolute Gasteiger partial charge is 0.247 e. The molecule has 0 bridgehead atoms. The van der Waals surface area contributed by atoms with Crippen LogP contribution in [0.5, 0.6) is 0 Å². The zero-order chi connectivity index (χ0) is 13.3. The first-order valence-corrected chi connectivity index (χ1v) is 6.28. The van der Waals surface area contributed by atoms with Crippen LogP contribution >= 0.6 is 11.6 Å². The van der Waals surface area contributed by atoms with Gasteiger partial charge < -0.3 is 5.32 Å². The lowest BCUT2D eigenvalue weighted by molar-refractivity contribution is -0.131. The highest BCUT2D eigenvalue weighted by Gasteiger charge is 2.34. The number of nitrogens with one attached hydrogen (secondary N) is 1. The summed E-state index contributed by atoms with van der Waals surface area (Å²) in [5, 5.41) is 3.19. The fourth-order valence-electron chi connectivity index (χ4n) is 2.08. The van der Waals surface area contributed by atoms with E-state index in [1.54, 1.807) is 6.07 Å². The average Bonchev–Trinajstić information content (AvgIpc) is 2.35. The number of rotatable bonds is 2. The summed E-state index contributed by atoms with van der Waals surface area (Å²) in [5.74, 6) is -0.227. The van der Waals surface area contributed by atoms with Gasteiger partial charge in [-0.3, -0.25) is 14.5 Å². The first-order chi connectivity index (χ1) is 8.54. The lowest BCUT2D eigenvalue weighted by Gasteiger charge is -2.34. The molecule has 0 radical (unpaired) electrons. The van der Waals surface area contributed by atoms with Gasteiger partial charge in [0.25, 0.3) is 0 Å². The van der Waals surface area contributed by atoms with Crippen molar-refractivity contribution in [3.8, 4) is 0 Å². The Morgan fingerprint density at radius 3 is 2.78 bits per heavy atom. The van der Waals surface area contributed by atoms with Crippen molar-refractivity contribution in [3.05, 3.63) is 28.8 Å². The highest BCUT2D eigenvalue weighted by Crippen LogP contribution is 2.26. The summed E-state index contributed by atoms with van der Waals surface area (Å²) in [5.41, 5.74) is 1.62. The lowest BCUT2D eigenvalue weighted by Crippen LogP contribution is -2.58. The number of benzene rings is 1. The van der Waals surface area contributed by atoms with Crippen molar-refractivity contribution in [1.82, 2.24) is 5.32 Å². The van der Waals surface area contributed by atoms with Gasteiger partial charge >= 0.3 is 0 Å². The summed E-state index contributed by atoms with van der Waals surface area (Å²) in [6.45, 7) is 3.82. The van der Waals surface area contributed by atoms with Gasteiger partial charge in [0.05, 0.1) is 6.54 Å². The molecule has 0 aromatic heterocycles. The molecule has 1 atom stereocenters. The van der Waals surface area contributed by atoms with Crippen molar-refractivity contribution < 1.29 is 9.59 Å². The molecule has 18 heavy (non-hydrogen) atoms. The fourth-order valence-corrected chi connectivity index (χ4v) is 2.26. The van der Waals surface area contributed by atoms with Crippen LogP contribution in [0.1, 0.15) is 18.9 Å². The predicted molar refractivity (Wildman–Crippen MR) is 70.8 cm³/mol. The Labute approximate surface area is 111 Å². The molecule has 0 aliphatic carbocycles. The number of hydrogen-bond donors (Lipinski definition) is 1. The lowest BCUT2D eigenvalue weighted by atomic mass is 10.1. The maximum absolute atomic E-state index is 12.0. The van der Waals surface area contributed by atoms with E-state index >= 15 is 0 Å². The van der Waals surface area contributed by atoms with E-state index in [1.165, 1.54) is 4.90 Å². The molecule has 1 fully saturated rings. The molecule has 1 heterocycles. The molecule has 0 spiro atoms. The molecule has 1 aromatic rings. The zero-order valence-electron chi connectivity index (χ0n) is 10.4. The van der Waals surface area contributed by atoms with E-state index in [-0.39, 0.29) is 18.4 Å². The van der Waals surface area contributed by atoms with Gasteiger partial charge in [0.15, 0.2) is 0 Å². The Bertz CT molecular complexity index is 502. The fraction of sp³-hybridized carbons (Fsp3) is 0.385. The van der Waals surface area contributed by atoms with Crippen LogP contribution in [0.25, 0.3) is 0 Å². The van der Waals surface area contributed by atoms with E-state index < -0.39 is 6.04 Å². The number of carbonyl (C=O) groups excluding carboxylic acids is 2. The topological polar surface area (TPSA) is 49.4 Å². The molecule has 1 N–H and O–H groups in total. The van der Waals surface area contributed by atoms with E-state index in [4.69, 9.17) is 11.6 Å². The summed E-state index contributed by atoms with van der Waals surface area (Å²) < 4.78 is 0. The molecule has 2 amide bonds. The SMILES string of the molecule is CCC1C(=O)NCC(=O)N1c1ccc(C)c(Cl)c1. The van der Waals surface area contributed by atoms with Crippen LogP contribution in [-0.2, 0) is 9.59 Å². The van der Waals surface area contributed by atoms with Crippen molar-refractivity contribution >= 4 is 29.1 Å². The molecule has 1 aliphatic rings. The Morgan fingerprint density at radius 2 is 2.17 bits per heavy atom. The quantitative estimate of drug-likeness (QED) is 0.889. The number of hydrogen-bond acceptors (Lipinski definition) is 2. The highest BCUT2D eigenvalue weighted by molar-refractivity contribution is 6.31. The van der Waals surface area contributed by atoms with E-state index in [0.29, 0.717) is 17.1 Å². The number of nitrogens with zero attached hydrogens (tertiary/aromatic N) is 1. The van der Waals surface area contributed by atoms with Crippen LogP contribution in [0.4, 0.5) is 5.69 Å². The summed E-state index contributed by atoms with van der Waals surface area (Å²) in [6, 6.07) is 4.95. The Balaban J connectivity index is 2.41. The van der Waals surface area contributed by atoms with Crippen LogP contribution in [0.15, 0.2) is 18.2 Å². The average molecular weight is 267 g/mol. The summed E-state index contributed by atoms with van der Waals surface area (Å²) >= 11 is 6.07. The van der Waals surface area contributed by atoms with E-state index in [9.17, 15) is 9.59 Å². The summed E-state index contributed by atoms with van der Waals surface area (Å²) in [6.07, 6.45) is 0.572. The van der Waals surface area contributed by atoms with Gasteiger partial charge in [0.2, 0.25) is 11.8 Å². The Hall–Kier alpha value is -1.55. The minimum Gasteiger partial charge on any atom is -0.345 e. The number of piperazine rings is 1. The number of carbonyl (C=O) groups is 2. The van der Waals surface area contributed by atoms with Gasteiger partial charge in [-0.05, 0) is 31.0 Å². The number of aryl methyl sites for hydroxylation is 1. The van der Waals surface area contributed by atoms with Crippen molar-refractivity contribution in [2.75, 3.05) is 11.4 Å². The summed E-state index contributed by atoms with van der Waals surface area (Å²) in [4.78, 5) is 25.3. The zero-order valence-corrected chi connectivity index (χ0v) is 11.1. The van der Waals surface area contributed by atoms with Gasteiger partial charge in [-0.2, -0.15) is 0 Å². The monoisotopic (exact) mass is 266 g/mol. The van der Waals surface area contributed by atoms with Crippen molar-refractivity contribution in [3.63, 3.8) is 0 Å². The van der Waals surface area contributed by atoms with Crippen LogP contribution in [0, 0.1) is 6.92 Å². The molecule has 0 saturated carbocycles. The molecule has 1 unspecified atom stereocenters. The number of anilines is 1. The minimum absolute atomic E-state index is 0.0425. The molecule has 1 saturated heterocycles. The van der Waals surface area contributed by atoms with Gasteiger partial charge in [-0.25, -0.2) is 0 Å². The van der Waals surface area contributed by atoms with Gasteiger partial charge in [-0.1, -0.05) is 24.6 Å². The van der Waals surface area contributed by atoms with E-state index in [0.717, 1.165) is 5.56 Å². The maximum Gasteiger partial charge on any atom is 0.247 e. The normalized spacial score (nSPS) is 19.9. The highest BCUT2D eigenvalue weighted by atomic mass is 35.5. The first-order valence-electron chi connectivity index (χ1n) is 5.90. The number of amides is 2. The van der Waals surface area contributed by atoms with Crippen LogP contribution in [-0.4, -0.2) is 24.4 Å². The standard InChI is InChI=1S/C13H15ClN2O2/c1-3-11-13(18)15-7-12(17)16(11)9-5-4-8(2)10(14)6-9/h4-6,11H,3,7H2,1-2H3,(H,15,18). The third-order valence-corrected chi connectivity index (χ3v) is 3.52. The van der Waals surface area contributed by atoms with Gasteiger partial charge in [-0.15, -0.1) is 0 Å². The molecular weight excluding hydrogens is 252 g/mol. The molecule has 5 heteroatoms. The van der Waals surface area contributed by atoms with Gasteiger partial charge in [0.1, 0.15) is 6.04 Å². The largest absolute Gasteiger partial charge is 0.345 e. The second kappa shape index (κ2) is 4.98. The van der Waals surface area contributed by atoms with E-state index in [2.05, 4.69) is 5.32 Å². The number of halogens is 1. The van der Waals surface area contributed by atoms with Crippen LogP contribution in [0.2, 0.25) is 5.02 Å². The molecule has 1 aromatic carbocycles. The summed E-state index contributed by atoms with van der Waals surface area (Å²) in [7, 11) is 0. The third kappa shape index (κ3) is 2.20. The molecule has 2 rings (SSSR count). The van der Waals surface area contributed by atoms with Crippen LogP contribution in [0.3, 0.4) is 0 Å². The van der Waals surface area contributed by atoms with Crippen molar-refractivity contribution in [2.45, 2.75) is 26.3 Å². The second-order valence-electron chi connectivity index (χ2n) is 4.34. The molecule has 96 valence electrons. The van der Waals surface area contributed by atoms with Crippen LogP contribution < -0.4 is 10.2 Å². The predicted octanol–water partition coefficient (Wildman–Crippen LogP) is 1.89. The first kappa shape index (κ1) is 12.9. The van der Waals surface area contributed by atoms with E-state index in [1.807, 2.05) is 26.0 Å². The van der Waals surface area contributed by atoms with Crippen molar-refractivity contribution in [2.24, 2.45) is 0 Å². The van der Waals surface area contributed by atoms with Crippen molar-refractivity contribution in [1.29, 1.82) is 0 Å². The molecular formula is C13H15ClN2O2. The second-order valence-corrected chi connectivity index (χ2v) is 4.75. The minimum atomic E-state index is -0.454. The Kier molecular flexibility index (Phi) is 3.57.